The first-order valence-corrected chi connectivity index (χ1v) is 13.0. The van der Waals surface area contributed by atoms with Crippen molar-refractivity contribution >= 4 is 29.2 Å². The number of anilines is 1. The first-order valence-electron chi connectivity index (χ1n) is 12.7. The SMILES string of the molecule is Cc1cc(C#Cc2ccc(F)cc2)cnc1NC(=O)c1c(Cl)cnn1C1CCN(C(=O)C2COCCO2)CC1. The second-order valence-corrected chi connectivity index (χ2v) is 9.78. The summed E-state index contributed by atoms with van der Waals surface area (Å²) < 4.78 is 25.6. The van der Waals surface area contributed by atoms with Gasteiger partial charge in [0.15, 0.2) is 6.10 Å². The maximum absolute atomic E-state index is 13.3. The van der Waals surface area contributed by atoms with E-state index in [-0.39, 0.29) is 35.1 Å². The molecule has 2 amide bonds. The fourth-order valence-corrected chi connectivity index (χ4v) is 4.83. The number of nitrogens with zero attached hydrogens (tertiary/aromatic N) is 4. The van der Waals surface area contributed by atoms with Gasteiger partial charge in [-0.15, -0.1) is 0 Å². The summed E-state index contributed by atoms with van der Waals surface area (Å²) in [4.78, 5) is 32.1. The third kappa shape index (κ3) is 6.28. The first-order chi connectivity index (χ1) is 18.9. The molecule has 2 aromatic heterocycles. The van der Waals surface area contributed by atoms with Crippen molar-refractivity contribution in [2.45, 2.75) is 31.9 Å². The summed E-state index contributed by atoms with van der Waals surface area (Å²) in [5.74, 6) is 5.53. The smallest absolute Gasteiger partial charge is 0.276 e. The van der Waals surface area contributed by atoms with Crippen molar-refractivity contribution in [1.82, 2.24) is 19.7 Å². The van der Waals surface area contributed by atoms with Crippen LogP contribution in [0.3, 0.4) is 0 Å². The Balaban J connectivity index is 1.23. The van der Waals surface area contributed by atoms with E-state index in [0.29, 0.717) is 56.1 Å². The Kier molecular flexibility index (Phi) is 8.21. The molecular formula is C28H27ClFN5O4. The highest BCUT2D eigenvalue weighted by atomic mass is 35.5. The zero-order valence-electron chi connectivity index (χ0n) is 21.3. The molecule has 39 heavy (non-hydrogen) atoms. The molecule has 0 bridgehead atoms. The zero-order valence-corrected chi connectivity index (χ0v) is 22.1. The van der Waals surface area contributed by atoms with Crippen LogP contribution in [0.15, 0.2) is 42.7 Å². The minimum atomic E-state index is -0.563. The average molecular weight is 552 g/mol. The molecule has 1 aromatic carbocycles. The Labute approximate surface area is 230 Å². The number of hydrogen-bond acceptors (Lipinski definition) is 6. The lowest BCUT2D eigenvalue weighted by Gasteiger charge is -2.35. The molecule has 0 aliphatic carbocycles. The van der Waals surface area contributed by atoms with Gasteiger partial charge in [-0.05, 0) is 55.7 Å². The van der Waals surface area contributed by atoms with E-state index in [1.54, 1.807) is 27.9 Å². The molecule has 3 aromatic rings. The van der Waals surface area contributed by atoms with E-state index in [1.807, 2.05) is 13.0 Å². The minimum absolute atomic E-state index is 0.0723. The monoisotopic (exact) mass is 551 g/mol. The van der Waals surface area contributed by atoms with Gasteiger partial charge in [-0.3, -0.25) is 14.3 Å². The molecule has 0 saturated carbocycles. The summed E-state index contributed by atoms with van der Waals surface area (Å²) in [6, 6.07) is 7.63. The molecule has 11 heteroatoms. The second kappa shape index (κ2) is 11.9. The van der Waals surface area contributed by atoms with Crippen LogP contribution in [-0.2, 0) is 14.3 Å². The van der Waals surface area contributed by atoms with E-state index in [1.165, 1.54) is 18.3 Å². The summed E-state index contributed by atoms with van der Waals surface area (Å²) in [7, 11) is 0. The van der Waals surface area contributed by atoms with Crippen LogP contribution < -0.4 is 5.32 Å². The van der Waals surface area contributed by atoms with E-state index in [4.69, 9.17) is 21.1 Å². The summed E-state index contributed by atoms with van der Waals surface area (Å²) in [6.45, 7) is 4.04. The van der Waals surface area contributed by atoms with Gasteiger partial charge >= 0.3 is 0 Å². The number of halogens is 2. The van der Waals surface area contributed by atoms with Crippen molar-refractivity contribution in [3.63, 3.8) is 0 Å². The normalized spacial score (nSPS) is 17.8. The number of hydrogen-bond donors (Lipinski definition) is 1. The Hall–Kier alpha value is -3.78. The molecule has 2 fully saturated rings. The fraction of sp³-hybridized carbons (Fsp3) is 0.357. The van der Waals surface area contributed by atoms with Crippen LogP contribution in [0.25, 0.3) is 0 Å². The van der Waals surface area contributed by atoms with Crippen molar-refractivity contribution in [2.75, 3.05) is 38.2 Å². The van der Waals surface area contributed by atoms with Crippen LogP contribution in [0, 0.1) is 24.6 Å². The number of likely N-dealkylation sites (tertiary alicyclic amines) is 1. The molecule has 1 N–H and O–H groups in total. The Bertz CT molecular complexity index is 1420. The molecule has 202 valence electrons. The summed E-state index contributed by atoms with van der Waals surface area (Å²) in [5, 5.41) is 7.44. The zero-order chi connectivity index (χ0) is 27.4. The number of piperidine rings is 1. The molecule has 9 nitrogen and oxygen atoms in total. The van der Waals surface area contributed by atoms with Crippen molar-refractivity contribution in [2.24, 2.45) is 0 Å². The molecule has 1 atom stereocenters. The molecule has 5 rings (SSSR count). The highest BCUT2D eigenvalue weighted by Gasteiger charge is 2.32. The molecule has 0 radical (unpaired) electrons. The molecule has 0 spiro atoms. The molecule has 2 aliphatic heterocycles. The largest absolute Gasteiger partial charge is 0.376 e. The number of pyridine rings is 1. The predicted octanol–water partition coefficient (Wildman–Crippen LogP) is 3.61. The molecule has 2 saturated heterocycles. The lowest BCUT2D eigenvalue weighted by atomic mass is 10.0. The van der Waals surface area contributed by atoms with Crippen molar-refractivity contribution in [3.05, 3.63) is 75.9 Å². The van der Waals surface area contributed by atoms with Crippen LogP contribution in [0.5, 0.6) is 0 Å². The number of nitrogens with one attached hydrogen (secondary N) is 1. The Morgan fingerprint density at radius 3 is 2.54 bits per heavy atom. The number of aryl methyl sites for hydroxylation is 1. The van der Waals surface area contributed by atoms with Gasteiger partial charge in [0.05, 0.1) is 37.1 Å². The third-order valence-electron chi connectivity index (χ3n) is 6.68. The molecular weight excluding hydrogens is 525 g/mol. The Morgan fingerprint density at radius 2 is 1.85 bits per heavy atom. The summed E-state index contributed by atoms with van der Waals surface area (Å²) in [5.41, 5.74) is 2.30. The van der Waals surface area contributed by atoms with E-state index in [2.05, 4.69) is 27.2 Å². The quantitative estimate of drug-likeness (QED) is 0.497. The van der Waals surface area contributed by atoms with Gasteiger partial charge in [-0.2, -0.15) is 5.10 Å². The predicted molar refractivity (Wildman–Crippen MR) is 142 cm³/mol. The van der Waals surface area contributed by atoms with Gasteiger partial charge in [0.2, 0.25) is 0 Å². The topological polar surface area (TPSA) is 98.6 Å². The van der Waals surface area contributed by atoms with Crippen LogP contribution in [-0.4, -0.2) is 70.5 Å². The third-order valence-corrected chi connectivity index (χ3v) is 6.96. The van der Waals surface area contributed by atoms with Gasteiger partial charge in [-0.1, -0.05) is 23.4 Å². The number of carbonyl (C=O) groups excluding carboxylic acids is 2. The molecule has 2 aliphatic rings. The first kappa shape index (κ1) is 26.8. The van der Waals surface area contributed by atoms with Crippen molar-refractivity contribution in [3.8, 4) is 11.8 Å². The number of carbonyl (C=O) groups is 2. The summed E-state index contributed by atoms with van der Waals surface area (Å²) in [6.07, 6.45) is 3.69. The minimum Gasteiger partial charge on any atom is -0.376 e. The number of ether oxygens (including phenoxy) is 2. The van der Waals surface area contributed by atoms with Gasteiger partial charge in [0.1, 0.15) is 17.3 Å². The second-order valence-electron chi connectivity index (χ2n) is 9.38. The standard InChI is InChI=1S/C28H27ClFN5O4/c1-18-14-20(3-2-19-4-6-21(30)7-5-19)15-31-26(18)33-27(36)25-23(29)16-32-35(25)22-8-10-34(11-9-22)28(37)24-17-38-12-13-39-24/h4-7,14-16,22,24H,8-13,17H2,1H3,(H,31,33,36). The van der Waals surface area contributed by atoms with Crippen LogP contribution in [0.2, 0.25) is 5.02 Å². The summed E-state index contributed by atoms with van der Waals surface area (Å²) >= 11 is 6.38. The number of amides is 2. The number of rotatable bonds is 4. The van der Waals surface area contributed by atoms with Crippen molar-refractivity contribution in [1.29, 1.82) is 0 Å². The van der Waals surface area contributed by atoms with Gasteiger partial charge in [-0.25, -0.2) is 9.37 Å². The number of aromatic nitrogens is 3. The van der Waals surface area contributed by atoms with Gasteiger partial charge in [0, 0.05) is 30.4 Å². The fourth-order valence-electron chi connectivity index (χ4n) is 4.61. The maximum atomic E-state index is 13.3. The van der Waals surface area contributed by atoms with Gasteiger partial charge < -0.3 is 19.7 Å². The van der Waals surface area contributed by atoms with Crippen LogP contribution >= 0.6 is 11.6 Å². The molecule has 1 unspecified atom stereocenters. The molecule has 4 heterocycles. The Morgan fingerprint density at radius 1 is 1.10 bits per heavy atom. The lowest BCUT2D eigenvalue weighted by Crippen LogP contribution is -2.48. The van der Waals surface area contributed by atoms with E-state index >= 15 is 0 Å². The van der Waals surface area contributed by atoms with Gasteiger partial charge in [0.25, 0.3) is 11.8 Å². The lowest BCUT2D eigenvalue weighted by molar-refractivity contribution is -0.159. The highest BCUT2D eigenvalue weighted by Crippen LogP contribution is 2.28. The van der Waals surface area contributed by atoms with E-state index < -0.39 is 12.0 Å². The van der Waals surface area contributed by atoms with E-state index in [0.717, 1.165) is 5.56 Å². The van der Waals surface area contributed by atoms with Crippen molar-refractivity contribution < 1.29 is 23.5 Å². The average Bonchev–Trinajstić information content (AvgIpc) is 3.35. The van der Waals surface area contributed by atoms with Crippen LogP contribution in [0.1, 0.15) is 46.1 Å². The van der Waals surface area contributed by atoms with E-state index in [9.17, 15) is 14.0 Å². The number of benzene rings is 1. The van der Waals surface area contributed by atoms with Crippen LogP contribution in [0.4, 0.5) is 10.2 Å². The maximum Gasteiger partial charge on any atom is 0.276 e. The highest BCUT2D eigenvalue weighted by molar-refractivity contribution is 6.34.